The van der Waals surface area contributed by atoms with Gasteiger partial charge in [0.15, 0.2) is 5.12 Å². The predicted octanol–water partition coefficient (Wildman–Crippen LogP) is 3.30. The summed E-state index contributed by atoms with van der Waals surface area (Å²) in [6.07, 6.45) is 0.575. The third-order valence-corrected chi connectivity index (χ3v) is 3.41. The molecule has 3 heteroatoms. The molecule has 0 saturated carbocycles. The summed E-state index contributed by atoms with van der Waals surface area (Å²) in [6.45, 7) is 0. The van der Waals surface area contributed by atoms with Crippen LogP contribution in [0.4, 0.5) is 0 Å². The number of hydrogen-bond acceptors (Lipinski definition) is 2. The second-order valence-corrected chi connectivity index (χ2v) is 4.99. The fourth-order valence-electron chi connectivity index (χ4n) is 1.21. The van der Waals surface area contributed by atoms with E-state index in [0.29, 0.717) is 6.42 Å². The van der Waals surface area contributed by atoms with E-state index < -0.39 is 0 Å². The molecule has 1 aliphatic heterocycles. The van der Waals surface area contributed by atoms with E-state index in [2.05, 4.69) is 46.9 Å². The Morgan fingerprint density at radius 1 is 1.23 bits per heavy atom. The first-order valence-electron chi connectivity index (χ1n) is 3.90. The molecule has 0 radical (unpaired) electrons. The minimum atomic E-state index is 0.244. The molecular formula is C10H7IOS. The fraction of sp³-hybridized carbons (Fsp3) is 0.100. The zero-order valence-corrected chi connectivity index (χ0v) is 9.76. The van der Waals surface area contributed by atoms with E-state index in [0.717, 1.165) is 5.57 Å². The summed E-state index contributed by atoms with van der Waals surface area (Å²) in [5.41, 5.74) is 2.31. The highest BCUT2D eigenvalue weighted by molar-refractivity contribution is 14.1. The summed E-state index contributed by atoms with van der Waals surface area (Å²) in [7, 11) is 0. The molecule has 0 fully saturated rings. The minimum Gasteiger partial charge on any atom is -0.286 e. The van der Waals surface area contributed by atoms with Gasteiger partial charge in [0.2, 0.25) is 0 Å². The Balaban J connectivity index is 2.27. The molecule has 0 aromatic heterocycles. The molecule has 13 heavy (non-hydrogen) atoms. The summed E-state index contributed by atoms with van der Waals surface area (Å²) >= 11 is 3.57. The van der Waals surface area contributed by atoms with Crippen LogP contribution in [0, 0.1) is 3.57 Å². The topological polar surface area (TPSA) is 17.1 Å². The van der Waals surface area contributed by atoms with Crippen LogP contribution in [0.1, 0.15) is 12.0 Å². The monoisotopic (exact) mass is 302 g/mol. The lowest BCUT2D eigenvalue weighted by Crippen LogP contribution is -1.86. The van der Waals surface area contributed by atoms with E-state index >= 15 is 0 Å². The second-order valence-electron chi connectivity index (χ2n) is 2.82. The normalized spacial score (nSPS) is 16.1. The molecule has 1 aliphatic rings. The van der Waals surface area contributed by atoms with E-state index in [1.807, 2.05) is 5.41 Å². The van der Waals surface area contributed by atoms with E-state index in [1.165, 1.54) is 20.9 Å². The highest BCUT2D eigenvalue weighted by Gasteiger charge is 2.14. The molecule has 0 spiro atoms. The Hall–Kier alpha value is -0.290. The summed E-state index contributed by atoms with van der Waals surface area (Å²) in [6, 6.07) is 8.24. The maximum atomic E-state index is 11.0. The average molecular weight is 302 g/mol. The van der Waals surface area contributed by atoms with Gasteiger partial charge >= 0.3 is 0 Å². The molecule has 0 aliphatic carbocycles. The van der Waals surface area contributed by atoms with Crippen LogP contribution in [0.5, 0.6) is 0 Å². The minimum absolute atomic E-state index is 0.244. The lowest BCUT2D eigenvalue weighted by molar-refractivity contribution is -0.109. The number of carbonyl (C=O) groups excluding carboxylic acids is 1. The number of rotatable bonds is 1. The third kappa shape index (κ3) is 2.14. The van der Waals surface area contributed by atoms with Crippen molar-refractivity contribution in [2.45, 2.75) is 6.42 Å². The van der Waals surface area contributed by atoms with Crippen LogP contribution in [-0.2, 0) is 4.79 Å². The predicted molar refractivity (Wildman–Crippen MR) is 64.4 cm³/mol. The summed E-state index contributed by atoms with van der Waals surface area (Å²) in [5.74, 6) is 0. The first-order chi connectivity index (χ1) is 6.25. The SMILES string of the molecule is O=C1CC(c2ccc(I)cc2)=CS1. The van der Waals surface area contributed by atoms with Crippen molar-refractivity contribution in [3.8, 4) is 0 Å². The summed E-state index contributed by atoms with van der Waals surface area (Å²) in [4.78, 5) is 11.0. The Labute approximate surface area is 94.7 Å². The molecule has 1 heterocycles. The van der Waals surface area contributed by atoms with Gasteiger partial charge in [0, 0.05) is 9.99 Å². The molecule has 66 valence electrons. The molecule has 1 aromatic rings. The van der Waals surface area contributed by atoms with Crippen molar-refractivity contribution in [3.63, 3.8) is 0 Å². The van der Waals surface area contributed by atoms with Crippen LogP contribution in [0.3, 0.4) is 0 Å². The average Bonchev–Trinajstić information content (AvgIpc) is 2.53. The Morgan fingerprint density at radius 3 is 2.46 bits per heavy atom. The highest BCUT2D eigenvalue weighted by Crippen LogP contribution is 2.31. The van der Waals surface area contributed by atoms with E-state index in [9.17, 15) is 4.79 Å². The van der Waals surface area contributed by atoms with Crippen LogP contribution in [0.25, 0.3) is 5.57 Å². The van der Waals surface area contributed by atoms with Gasteiger partial charge in [-0.25, -0.2) is 0 Å². The van der Waals surface area contributed by atoms with Gasteiger partial charge in [0.1, 0.15) is 0 Å². The first-order valence-corrected chi connectivity index (χ1v) is 5.86. The Morgan fingerprint density at radius 2 is 1.92 bits per heavy atom. The van der Waals surface area contributed by atoms with Gasteiger partial charge in [-0.2, -0.15) is 0 Å². The van der Waals surface area contributed by atoms with Crippen molar-refractivity contribution >= 4 is 45.0 Å². The zero-order chi connectivity index (χ0) is 9.26. The van der Waals surface area contributed by atoms with Crippen LogP contribution in [-0.4, -0.2) is 5.12 Å². The van der Waals surface area contributed by atoms with Gasteiger partial charge < -0.3 is 0 Å². The number of carbonyl (C=O) groups is 1. The van der Waals surface area contributed by atoms with Crippen LogP contribution in [0.15, 0.2) is 29.7 Å². The standard InChI is InChI=1S/C10H7IOS/c11-9-3-1-7(2-4-9)8-5-10(12)13-6-8/h1-4,6H,5H2. The molecule has 0 amide bonds. The lowest BCUT2D eigenvalue weighted by Gasteiger charge is -1.99. The maximum absolute atomic E-state index is 11.0. The van der Waals surface area contributed by atoms with Gasteiger partial charge in [0.05, 0.1) is 0 Å². The number of allylic oxidation sites excluding steroid dienone is 1. The van der Waals surface area contributed by atoms with Crippen LogP contribution >= 0.6 is 34.4 Å². The molecular weight excluding hydrogens is 295 g/mol. The number of halogens is 1. The summed E-state index contributed by atoms with van der Waals surface area (Å²) < 4.78 is 1.22. The zero-order valence-electron chi connectivity index (χ0n) is 6.79. The first kappa shape index (κ1) is 9.27. The van der Waals surface area contributed by atoms with Gasteiger partial charge in [0.25, 0.3) is 0 Å². The lowest BCUT2D eigenvalue weighted by atomic mass is 10.1. The quantitative estimate of drug-likeness (QED) is 0.741. The van der Waals surface area contributed by atoms with Crippen molar-refractivity contribution in [3.05, 3.63) is 38.8 Å². The second kappa shape index (κ2) is 3.84. The molecule has 1 aromatic carbocycles. The molecule has 0 atom stereocenters. The molecule has 0 N–H and O–H groups in total. The number of benzene rings is 1. The van der Waals surface area contributed by atoms with E-state index in [4.69, 9.17) is 0 Å². The van der Waals surface area contributed by atoms with Crippen molar-refractivity contribution in [1.29, 1.82) is 0 Å². The van der Waals surface area contributed by atoms with Crippen LogP contribution in [0.2, 0.25) is 0 Å². The van der Waals surface area contributed by atoms with Crippen molar-refractivity contribution < 1.29 is 4.79 Å². The highest BCUT2D eigenvalue weighted by atomic mass is 127. The number of hydrogen-bond donors (Lipinski definition) is 0. The molecule has 0 saturated heterocycles. The van der Waals surface area contributed by atoms with Gasteiger partial charge in [-0.05, 0) is 51.3 Å². The van der Waals surface area contributed by atoms with E-state index in [1.54, 1.807) is 0 Å². The Bertz CT molecular complexity index is 367. The molecule has 1 nitrogen and oxygen atoms in total. The van der Waals surface area contributed by atoms with Crippen molar-refractivity contribution in [2.24, 2.45) is 0 Å². The molecule has 2 rings (SSSR count). The van der Waals surface area contributed by atoms with Gasteiger partial charge in [-0.1, -0.05) is 23.9 Å². The van der Waals surface area contributed by atoms with Gasteiger partial charge in [-0.3, -0.25) is 4.79 Å². The number of thioether (sulfide) groups is 1. The van der Waals surface area contributed by atoms with Crippen molar-refractivity contribution in [2.75, 3.05) is 0 Å². The fourth-order valence-corrected chi connectivity index (χ4v) is 2.30. The van der Waals surface area contributed by atoms with Crippen LogP contribution < -0.4 is 0 Å². The smallest absolute Gasteiger partial charge is 0.197 e. The maximum Gasteiger partial charge on any atom is 0.197 e. The third-order valence-electron chi connectivity index (χ3n) is 1.88. The van der Waals surface area contributed by atoms with E-state index in [-0.39, 0.29) is 5.12 Å². The van der Waals surface area contributed by atoms with Gasteiger partial charge in [-0.15, -0.1) is 0 Å². The molecule has 0 unspecified atom stereocenters. The Kier molecular flexibility index (Phi) is 2.74. The largest absolute Gasteiger partial charge is 0.286 e. The summed E-state index contributed by atoms with van der Waals surface area (Å²) in [5, 5.41) is 2.19. The van der Waals surface area contributed by atoms with Crippen molar-refractivity contribution in [1.82, 2.24) is 0 Å². The molecule has 0 bridgehead atoms.